The zero-order valence-electron chi connectivity index (χ0n) is 10.3. The van der Waals surface area contributed by atoms with Gasteiger partial charge in [-0.3, -0.25) is 0 Å². The maximum absolute atomic E-state index is 13.3. The lowest BCUT2D eigenvalue weighted by atomic mass is 10.2. The summed E-state index contributed by atoms with van der Waals surface area (Å²) in [6.45, 7) is 0.317. The summed E-state index contributed by atoms with van der Waals surface area (Å²) in [6, 6.07) is 7.76. The Kier molecular flexibility index (Phi) is 5.11. The number of nitrogens with two attached hydrogens (primary N) is 1. The van der Waals surface area contributed by atoms with Gasteiger partial charge in [0.25, 0.3) is 0 Å². The first-order valence-corrected chi connectivity index (χ1v) is 6.90. The molecule has 0 aliphatic rings. The third kappa shape index (κ3) is 3.36. The molecular formula is C14H11Cl3FNO. The number of hydrogen-bond donors (Lipinski definition) is 1. The predicted octanol–water partition coefficient (Wildman–Crippen LogP) is 4.82. The summed E-state index contributed by atoms with van der Waals surface area (Å²) in [5.74, 6) is -0.0621. The van der Waals surface area contributed by atoms with Crippen LogP contribution >= 0.6 is 34.8 Å². The smallest absolute Gasteiger partial charge is 0.142 e. The van der Waals surface area contributed by atoms with Gasteiger partial charge in [0.05, 0.1) is 10.0 Å². The SMILES string of the molecule is NCc1cc(Cl)cc(Cl)c1OCc1cccc(F)c1Cl. The topological polar surface area (TPSA) is 35.2 Å². The van der Waals surface area contributed by atoms with E-state index in [1.807, 2.05) is 0 Å². The van der Waals surface area contributed by atoms with Crippen LogP contribution in [0.5, 0.6) is 5.75 Å². The fourth-order valence-corrected chi connectivity index (χ4v) is 2.51. The van der Waals surface area contributed by atoms with Crippen molar-refractivity contribution in [1.82, 2.24) is 0 Å². The third-order valence-corrected chi connectivity index (χ3v) is 3.63. The van der Waals surface area contributed by atoms with Crippen LogP contribution in [0.25, 0.3) is 0 Å². The van der Waals surface area contributed by atoms with Gasteiger partial charge in [-0.15, -0.1) is 0 Å². The van der Waals surface area contributed by atoms with Gasteiger partial charge in [0, 0.05) is 22.7 Å². The lowest BCUT2D eigenvalue weighted by molar-refractivity contribution is 0.302. The first-order chi connectivity index (χ1) is 9.52. The van der Waals surface area contributed by atoms with E-state index >= 15 is 0 Å². The first kappa shape index (κ1) is 15.4. The normalized spacial score (nSPS) is 10.7. The van der Waals surface area contributed by atoms with Gasteiger partial charge < -0.3 is 10.5 Å². The van der Waals surface area contributed by atoms with Crippen molar-refractivity contribution in [3.8, 4) is 5.75 Å². The molecule has 0 heterocycles. The Bertz CT molecular complexity index is 634. The van der Waals surface area contributed by atoms with Gasteiger partial charge in [-0.1, -0.05) is 46.9 Å². The monoisotopic (exact) mass is 333 g/mol. The maximum atomic E-state index is 13.3. The summed E-state index contributed by atoms with van der Waals surface area (Å²) >= 11 is 17.8. The van der Waals surface area contributed by atoms with Gasteiger partial charge in [0.15, 0.2) is 0 Å². The van der Waals surface area contributed by atoms with Gasteiger partial charge in [-0.25, -0.2) is 4.39 Å². The molecule has 0 spiro atoms. The number of hydrogen-bond acceptors (Lipinski definition) is 2. The summed E-state index contributed by atoms with van der Waals surface area (Å²) in [6.07, 6.45) is 0. The summed E-state index contributed by atoms with van der Waals surface area (Å²) in [4.78, 5) is 0. The molecule has 2 aromatic rings. The second-order valence-electron chi connectivity index (χ2n) is 4.08. The second-order valence-corrected chi connectivity index (χ2v) is 5.30. The van der Waals surface area contributed by atoms with E-state index in [0.29, 0.717) is 26.9 Å². The molecule has 0 atom stereocenters. The van der Waals surface area contributed by atoms with E-state index in [0.717, 1.165) is 0 Å². The fourth-order valence-electron chi connectivity index (χ4n) is 1.74. The summed E-state index contributed by atoms with van der Waals surface area (Å²) in [5.41, 5.74) is 6.83. The number of benzene rings is 2. The first-order valence-electron chi connectivity index (χ1n) is 5.76. The molecule has 0 bridgehead atoms. The molecule has 6 heteroatoms. The Balaban J connectivity index is 2.25. The van der Waals surface area contributed by atoms with Gasteiger partial charge in [-0.05, 0) is 18.2 Å². The highest BCUT2D eigenvalue weighted by Gasteiger charge is 2.12. The predicted molar refractivity (Wildman–Crippen MR) is 80.1 cm³/mol. The Labute approximate surface area is 131 Å². The van der Waals surface area contributed by atoms with Crippen LogP contribution in [0.15, 0.2) is 30.3 Å². The van der Waals surface area contributed by atoms with E-state index in [1.165, 1.54) is 6.07 Å². The molecule has 0 amide bonds. The Morgan fingerprint density at radius 1 is 1.10 bits per heavy atom. The van der Waals surface area contributed by atoms with Crippen molar-refractivity contribution >= 4 is 34.8 Å². The summed E-state index contributed by atoms with van der Waals surface area (Å²) in [7, 11) is 0. The number of halogens is 4. The highest BCUT2D eigenvalue weighted by molar-refractivity contribution is 6.35. The number of ether oxygens (including phenoxy) is 1. The molecule has 2 N–H and O–H groups in total. The van der Waals surface area contributed by atoms with Crippen molar-refractivity contribution in [2.75, 3.05) is 0 Å². The van der Waals surface area contributed by atoms with Gasteiger partial charge in [-0.2, -0.15) is 0 Å². The zero-order chi connectivity index (χ0) is 14.7. The minimum atomic E-state index is -0.492. The molecule has 0 aliphatic carbocycles. The molecule has 0 fully saturated rings. The van der Waals surface area contributed by atoms with Crippen LogP contribution in [-0.2, 0) is 13.2 Å². The Morgan fingerprint density at radius 3 is 2.55 bits per heavy atom. The van der Waals surface area contributed by atoms with Crippen LogP contribution in [0.1, 0.15) is 11.1 Å². The van der Waals surface area contributed by atoms with Gasteiger partial charge >= 0.3 is 0 Å². The lowest BCUT2D eigenvalue weighted by Gasteiger charge is -2.13. The van der Waals surface area contributed by atoms with Gasteiger partial charge in [0.2, 0.25) is 0 Å². The van der Waals surface area contributed by atoms with Crippen molar-refractivity contribution in [3.63, 3.8) is 0 Å². The molecule has 0 aromatic heterocycles. The van der Waals surface area contributed by atoms with Crippen molar-refractivity contribution in [3.05, 3.63) is 62.3 Å². The maximum Gasteiger partial charge on any atom is 0.142 e. The summed E-state index contributed by atoms with van der Waals surface area (Å²) in [5, 5.41) is 0.865. The molecule has 0 radical (unpaired) electrons. The van der Waals surface area contributed by atoms with E-state index < -0.39 is 5.82 Å². The molecule has 20 heavy (non-hydrogen) atoms. The fraction of sp³-hybridized carbons (Fsp3) is 0.143. The summed E-state index contributed by atoms with van der Waals surface area (Å²) < 4.78 is 18.9. The largest absolute Gasteiger partial charge is 0.487 e. The van der Waals surface area contributed by atoms with E-state index in [2.05, 4.69) is 0 Å². The average molecular weight is 335 g/mol. The van der Waals surface area contributed by atoms with Crippen molar-refractivity contribution in [2.24, 2.45) is 5.73 Å². The van der Waals surface area contributed by atoms with E-state index in [-0.39, 0.29) is 18.2 Å². The average Bonchev–Trinajstić information content (AvgIpc) is 2.41. The second kappa shape index (κ2) is 6.64. The van der Waals surface area contributed by atoms with Crippen molar-refractivity contribution < 1.29 is 9.13 Å². The van der Waals surface area contributed by atoms with Crippen LogP contribution in [0.2, 0.25) is 15.1 Å². The van der Waals surface area contributed by atoms with Crippen LogP contribution < -0.4 is 10.5 Å². The molecular weight excluding hydrogens is 324 g/mol. The minimum absolute atomic E-state index is 0.0342. The Hall–Kier alpha value is -1.00. The minimum Gasteiger partial charge on any atom is -0.487 e. The molecule has 0 saturated heterocycles. The van der Waals surface area contributed by atoms with Gasteiger partial charge in [0.1, 0.15) is 18.2 Å². The van der Waals surface area contributed by atoms with Crippen LogP contribution in [0.4, 0.5) is 4.39 Å². The third-order valence-electron chi connectivity index (χ3n) is 2.71. The molecule has 0 aliphatic heterocycles. The molecule has 2 nitrogen and oxygen atoms in total. The number of rotatable bonds is 4. The molecule has 0 saturated carbocycles. The molecule has 2 aromatic carbocycles. The highest BCUT2D eigenvalue weighted by atomic mass is 35.5. The standard InChI is InChI=1S/C14H11Cl3FNO/c15-10-4-9(6-19)14(11(16)5-10)20-7-8-2-1-3-12(18)13(8)17/h1-5H,6-7,19H2. The zero-order valence-corrected chi connectivity index (χ0v) is 12.6. The lowest BCUT2D eigenvalue weighted by Crippen LogP contribution is -2.04. The van der Waals surface area contributed by atoms with E-state index in [4.69, 9.17) is 45.3 Å². The Morgan fingerprint density at radius 2 is 1.85 bits per heavy atom. The highest BCUT2D eigenvalue weighted by Crippen LogP contribution is 2.33. The van der Waals surface area contributed by atoms with Crippen molar-refractivity contribution in [1.29, 1.82) is 0 Å². The quantitative estimate of drug-likeness (QED) is 0.869. The van der Waals surface area contributed by atoms with Crippen molar-refractivity contribution in [2.45, 2.75) is 13.2 Å². The van der Waals surface area contributed by atoms with Crippen LogP contribution in [0.3, 0.4) is 0 Å². The van der Waals surface area contributed by atoms with Crippen LogP contribution in [-0.4, -0.2) is 0 Å². The van der Waals surface area contributed by atoms with Crippen LogP contribution in [0, 0.1) is 5.82 Å². The molecule has 2 rings (SSSR count). The van der Waals surface area contributed by atoms with E-state index in [1.54, 1.807) is 24.3 Å². The van der Waals surface area contributed by atoms with E-state index in [9.17, 15) is 4.39 Å². The molecule has 0 unspecified atom stereocenters. The molecule has 106 valence electrons.